The third kappa shape index (κ3) is 5.55. The van der Waals surface area contributed by atoms with Gasteiger partial charge in [-0.05, 0) is 74.3 Å². The lowest BCUT2D eigenvalue weighted by atomic mass is 9.54. The van der Waals surface area contributed by atoms with Crippen LogP contribution >= 0.6 is 12.4 Å². The molecule has 8 heteroatoms. The van der Waals surface area contributed by atoms with Gasteiger partial charge in [-0.1, -0.05) is 25.1 Å². The van der Waals surface area contributed by atoms with Crippen LogP contribution in [0.3, 0.4) is 0 Å². The summed E-state index contributed by atoms with van der Waals surface area (Å²) in [5.41, 5.74) is 6.68. The Labute approximate surface area is 196 Å². The van der Waals surface area contributed by atoms with Gasteiger partial charge in [0.05, 0.1) is 0 Å². The Balaban J connectivity index is 0.00000289. The number of alkyl carbamates (subject to hydrolysis) is 1. The molecule has 0 aliphatic heterocycles. The number of hydrogen-bond donors (Lipinski definition) is 4. The highest BCUT2D eigenvalue weighted by molar-refractivity contribution is 5.95. The molecule has 4 fully saturated rings. The molecule has 4 bridgehead atoms. The highest BCUT2D eigenvalue weighted by atomic mass is 35.5. The number of nitrogen functional groups attached to an aromatic ring is 1. The van der Waals surface area contributed by atoms with Crippen molar-refractivity contribution in [2.45, 2.75) is 69.9 Å². The molecular formula is C24H35ClN4O3. The van der Waals surface area contributed by atoms with E-state index in [4.69, 9.17) is 15.9 Å². The highest BCUT2D eigenvalue weighted by Crippen LogP contribution is 2.57. The highest BCUT2D eigenvalue weighted by Gasteiger charge is 2.53. The van der Waals surface area contributed by atoms with E-state index in [0.29, 0.717) is 36.3 Å². The van der Waals surface area contributed by atoms with Crippen molar-refractivity contribution >= 4 is 30.2 Å². The van der Waals surface area contributed by atoms with Crippen LogP contribution < -0.4 is 16.4 Å². The van der Waals surface area contributed by atoms with E-state index in [2.05, 4.69) is 10.6 Å². The van der Waals surface area contributed by atoms with Gasteiger partial charge in [-0.15, -0.1) is 12.4 Å². The predicted molar refractivity (Wildman–Crippen MR) is 126 cm³/mol. The van der Waals surface area contributed by atoms with Gasteiger partial charge in [0.2, 0.25) is 5.91 Å². The number of amides is 2. The van der Waals surface area contributed by atoms with E-state index in [9.17, 15) is 9.59 Å². The van der Waals surface area contributed by atoms with Gasteiger partial charge < -0.3 is 21.1 Å². The molecule has 0 spiro atoms. The van der Waals surface area contributed by atoms with Gasteiger partial charge in [0, 0.05) is 18.5 Å². The molecule has 7 nitrogen and oxygen atoms in total. The Hall–Kier alpha value is -2.28. The molecule has 32 heavy (non-hydrogen) atoms. The number of ether oxygens (including phenoxy) is 1. The van der Waals surface area contributed by atoms with Crippen LogP contribution in [0.4, 0.5) is 4.79 Å². The fourth-order valence-electron chi connectivity index (χ4n) is 6.21. The molecule has 4 aliphatic rings. The van der Waals surface area contributed by atoms with Crippen LogP contribution in [0.1, 0.15) is 63.0 Å². The number of halogens is 1. The Bertz CT molecular complexity index is 824. The van der Waals surface area contributed by atoms with Crippen molar-refractivity contribution in [2.75, 3.05) is 6.54 Å². The molecule has 1 aromatic rings. The fraction of sp³-hybridized carbons (Fsp3) is 0.625. The summed E-state index contributed by atoms with van der Waals surface area (Å²) in [4.78, 5) is 25.7. The Morgan fingerprint density at radius 3 is 2.38 bits per heavy atom. The van der Waals surface area contributed by atoms with Crippen LogP contribution in [0.15, 0.2) is 24.3 Å². The average Bonchev–Trinajstić information content (AvgIpc) is 2.70. The molecule has 0 radical (unpaired) electrons. The molecule has 176 valence electrons. The van der Waals surface area contributed by atoms with Crippen LogP contribution in [0.2, 0.25) is 0 Å². The van der Waals surface area contributed by atoms with Gasteiger partial charge in [-0.3, -0.25) is 10.2 Å². The zero-order valence-electron chi connectivity index (χ0n) is 18.7. The SMILES string of the molecule is CCCNC(=O)[C@@H](Cc1cccc(C(=N)N)c1)NC(=O)OC12CC3CC(CC(C3)C1)C2.Cl. The number of amidine groups is 1. The first kappa shape index (κ1) is 24.4. The summed E-state index contributed by atoms with van der Waals surface area (Å²) in [5, 5.41) is 13.4. The van der Waals surface area contributed by atoms with Crippen molar-refractivity contribution in [1.29, 1.82) is 5.41 Å². The van der Waals surface area contributed by atoms with Crippen LogP contribution in [-0.4, -0.2) is 36.0 Å². The molecule has 4 saturated carbocycles. The lowest BCUT2D eigenvalue weighted by molar-refractivity contribution is -0.131. The van der Waals surface area contributed by atoms with Crippen molar-refractivity contribution in [3.8, 4) is 0 Å². The summed E-state index contributed by atoms with van der Waals surface area (Å²) in [7, 11) is 0. The molecule has 5 rings (SSSR count). The van der Waals surface area contributed by atoms with Gasteiger partial charge in [0.15, 0.2) is 0 Å². The Morgan fingerprint density at radius 2 is 1.81 bits per heavy atom. The number of benzene rings is 1. The monoisotopic (exact) mass is 462 g/mol. The molecule has 5 N–H and O–H groups in total. The van der Waals surface area contributed by atoms with Gasteiger partial charge in [-0.25, -0.2) is 4.79 Å². The van der Waals surface area contributed by atoms with E-state index in [1.807, 2.05) is 13.0 Å². The predicted octanol–water partition coefficient (Wildman–Crippen LogP) is 3.52. The number of carbonyl (C=O) groups is 2. The van der Waals surface area contributed by atoms with E-state index in [1.54, 1.807) is 18.2 Å². The second-order valence-corrected chi connectivity index (χ2v) is 9.80. The van der Waals surface area contributed by atoms with Crippen molar-refractivity contribution in [3.05, 3.63) is 35.4 Å². The number of carbonyl (C=O) groups excluding carboxylic acids is 2. The zero-order chi connectivity index (χ0) is 22.0. The average molecular weight is 463 g/mol. The third-order valence-electron chi connectivity index (χ3n) is 7.13. The third-order valence-corrected chi connectivity index (χ3v) is 7.13. The summed E-state index contributed by atoms with van der Waals surface area (Å²) in [6.45, 7) is 2.54. The number of nitrogens with one attached hydrogen (secondary N) is 3. The Morgan fingerprint density at radius 1 is 1.19 bits per heavy atom. The summed E-state index contributed by atoms with van der Waals surface area (Å²) in [6, 6.07) is 6.48. The second kappa shape index (κ2) is 10.1. The Kier molecular flexibility index (Phi) is 7.70. The summed E-state index contributed by atoms with van der Waals surface area (Å²) >= 11 is 0. The maximum Gasteiger partial charge on any atom is 0.408 e. The minimum atomic E-state index is -0.741. The molecule has 0 heterocycles. The first-order chi connectivity index (χ1) is 14.9. The normalized spacial score (nSPS) is 28.3. The lowest BCUT2D eigenvalue weighted by Gasteiger charge is -2.55. The minimum absolute atomic E-state index is 0. The summed E-state index contributed by atoms with van der Waals surface area (Å²) < 4.78 is 6.05. The summed E-state index contributed by atoms with van der Waals surface area (Å²) in [5.74, 6) is 1.78. The van der Waals surface area contributed by atoms with Gasteiger partial charge in [0.1, 0.15) is 17.5 Å². The maximum absolute atomic E-state index is 12.9. The molecule has 0 unspecified atom stereocenters. The minimum Gasteiger partial charge on any atom is -0.443 e. The first-order valence-corrected chi connectivity index (χ1v) is 11.6. The first-order valence-electron chi connectivity index (χ1n) is 11.6. The fourth-order valence-corrected chi connectivity index (χ4v) is 6.21. The lowest BCUT2D eigenvalue weighted by Crippen LogP contribution is -2.55. The van der Waals surface area contributed by atoms with Gasteiger partial charge in [0.25, 0.3) is 0 Å². The quantitative estimate of drug-likeness (QED) is 0.349. The molecule has 2 amide bonds. The number of nitrogens with two attached hydrogens (primary N) is 1. The van der Waals surface area contributed by atoms with Crippen molar-refractivity contribution in [1.82, 2.24) is 10.6 Å². The molecule has 4 aliphatic carbocycles. The van der Waals surface area contributed by atoms with Gasteiger partial charge in [-0.2, -0.15) is 0 Å². The van der Waals surface area contributed by atoms with E-state index < -0.39 is 12.1 Å². The second-order valence-electron chi connectivity index (χ2n) is 9.80. The molecule has 0 aromatic heterocycles. The number of rotatable bonds is 8. The zero-order valence-corrected chi connectivity index (χ0v) is 19.5. The van der Waals surface area contributed by atoms with Crippen LogP contribution in [0.5, 0.6) is 0 Å². The van der Waals surface area contributed by atoms with Crippen molar-refractivity contribution < 1.29 is 14.3 Å². The summed E-state index contributed by atoms with van der Waals surface area (Å²) in [6.07, 6.45) is 7.33. The van der Waals surface area contributed by atoms with E-state index in [0.717, 1.165) is 31.2 Å². The molecular weight excluding hydrogens is 428 g/mol. The van der Waals surface area contributed by atoms with Crippen LogP contribution in [0, 0.1) is 23.2 Å². The van der Waals surface area contributed by atoms with E-state index >= 15 is 0 Å². The van der Waals surface area contributed by atoms with Crippen LogP contribution in [0.25, 0.3) is 0 Å². The van der Waals surface area contributed by atoms with Crippen molar-refractivity contribution in [3.63, 3.8) is 0 Å². The number of hydrogen-bond acceptors (Lipinski definition) is 4. The largest absolute Gasteiger partial charge is 0.443 e. The standard InChI is InChI=1S/C24H34N4O3.ClH/c1-2-6-27-22(29)20(11-15-4-3-5-19(10-15)21(25)26)28-23(30)31-24-12-16-7-17(13-24)9-18(8-16)14-24;/h3-5,10,16-18,20H,2,6-9,11-14H2,1H3,(H3,25,26)(H,27,29)(H,28,30);1H/t16?,17?,18?,20-,24?;/m1./s1. The maximum atomic E-state index is 12.9. The molecule has 1 atom stereocenters. The van der Waals surface area contributed by atoms with Crippen molar-refractivity contribution in [2.24, 2.45) is 23.5 Å². The smallest absolute Gasteiger partial charge is 0.408 e. The van der Waals surface area contributed by atoms with Crippen LogP contribution in [-0.2, 0) is 16.0 Å². The van der Waals surface area contributed by atoms with Gasteiger partial charge >= 0.3 is 6.09 Å². The van der Waals surface area contributed by atoms with E-state index in [-0.39, 0.29) is 29.8 Å². The molecule has 0 saturated heterocycles. The van der Waals surface area contributed by atoms with E-state index in [1.165, 1.54) is 19.3 Å². The topological polar surface area (TPSA) is 117 Å². The molecule has 1 aromatic carbocycles.